The van der Waals surface area contributed by atoms with Crippen LogP contribution in [-0.4, -0.2) is 24.0 Å². The van der Waals surface area contributed by atoms with Crippen molar-refractivity contribution in [3.8, 4) is 17.2 Å². The lowest BCUT2D eigenvalue weighted by atomic mass is 10.2. The predicted octanol–water partition coefficient (Wildman–Crippen LogP) is 4.42. The van der Waals surface area contributed by atoms with E-state index >= 15 is 0 Å². The van der Waals surface area contributed by atoms with E-state index < -0.39 is 17.3 Å². The summed E-state index contributed by atoms with van der Waals surface area (Å²) in [5.74, 6) is 0.250. The second-order valence-corrected chi connectivity index (χ2v) is 6.73. The van der Waals surface area contributed by atoms with E-state index in [0.29, 0.717) is 10.6 Å². The minimum absolute atomic E-state index is 0.0277. The molecule has 1 heterocycles. The van der Waals surface area contributed by atoms with Gasteiger partial charge in [-0.2, -0.15) is 23.0 Å². The molecule has 0 bridgehead atoms. The van der Waals surface area contributed by atoms with E-state index in [1.165, 1.54) is 38.2 Å². The summed E-state index contributed by atoms with van der Waals surface area (Å²) >= 11 is 1.19. The first-order valence-electron chi connectivity index (χ1n) is 7.99. The molecule has 1 aromatic heterocycles. The summed E-state index contributed by atoms with van der Waals surface area (Å²) in [4.78, 5) is 13.7. The summed E-state index contributed by atoms with van der Waals surface area (Å²) in [6, 6.07) is 11.8. The van der Waals surface area contributed by atoms with Gasteiger partial charge in [0.25, 0.3) is 0 Å². The van der Waals surface area contributed by atoms with Crippen molar-refractivity contribution in [1.29, 1.82) is 0 Å². The first-order valence-corrected chi connectivity index (χ1v) is 8.81. The molecule has 9 heteroatoms. The lowest BCUT2D eigenvalue weighted by Gasteiger charge is -2.11. The smallest absolute Gasteiger partial charge is 0.416 e. The van der Waals surface area contributed by atoms with Crippen molar-refractivity contribution in [1.82, 2.24) is 9.78 Å². The van der Waals surface area contributed by atoms with Crippen LogP contribution in [0.3, 0.4) is 0 Å². The standard InChI is InChI=1S/C19H15F3N2O3S/c1-26-16-11-23-24(18(25)17(16)27-2)13-6-8-14(9-7-13)28-15-5-3-4-12(10-15)19(20,21)22/h3-11H,1-2H3. The summed E-state index contributed by atoms with van der Waals surface area (Å²) in [6.07, 6.45) is -3.02. The lowest BCUT2D eigenvalue weighted by molar-refractivity contribution is -0.137. The molecule has 0 aliphatic carbocycles. The van der Waals surface area contributed by atoms with Crippen LogP contribution in [-0.2, 0) is 6.18 Å². The highest BCUT2D eigenvalue weighted by Gasteiger charge is 2.30. The molecule has 0 fully saturated rings. The van der Waals surface area contributed by atoms with E-state index in [0.717, 1.165) is 21.7 Å². The van der Waals surface area contributed by atoms with E-state index in [4.69, 9.17) is 9.47 Å². The number of methoxy groups -OCH3 is 2. The van der Waals surface area contributed by atoms with Gasteiger partial charge in [-0.3, -0.25) is 4.79 Å². The SMILES string of the molecule is COc1cnn(-c2ccc(Sc3cccc(C(F)(F)F)c3)cc2)c(=O)c1OC. The third kappa shape index (κ3) is 4.14. The number of ether oxygens (including phenoxy) is 2. The Morgan fingerprint density at radius 1 is 1.00 bits per heavy atom. The van der Waals surface area contributed by atoms with Crippen molar-refractivity contribution in [3.05, 3.63) is 70.6 Å². The lowest BCUT2D eigenvalue weighted by Crippen LogP contribution is -2.22. The second-order valence-electron chi connectivity index (χ2n) is 5.58. The molecule has 0 radical (unpaired) electrons. The number of hydrogen-bond donors (Lipinski definition) is 0. The summed E-state index contributed by atoms with van der Waals surface area (Å²) in [5.41, 5.74) is -0.699. The van der Waals surface area contributed by atoms with Crippen molar-refractivity contribution in [2.45, 2.75) is 16.0 Å². The van der Waals surface area contributed by atoms with Crippen LogP contribution >= 0.6 is 11.8 Å². The Hall–Kier alpha value is -2.94. The van der Waals surface area contributed by atoms with Crippen molar-refractivity contribution in [2.75, 3.05) is 14.2 Å². The molecule has 28 heavy (non-hydrogen) atoms. The molecule has 0 spiro atoms. The van der Waals surface area contributed by atoms with Gasteiger partial charge in [0.15, 0.2) is 5.75 Å². The van der Waals surface area contributed by atoms with Crippen molar-refractivity contribution >= 4 is 11.8 Å². The highest BCUT2D eigenvalue weighted by molar-refractivity contribution is 7.99. The molecule has 0 aliphatic rings. The Balaban J connectivity index is 1.86. The Morgan fingerprint density at radius 2 is 1.71 bits per heavy atom. The Bertz CT molecular complexity index is 1030. The van der Waals surface area contributed by atoms with Crippen LogP contribution < -0.4 is 15.0 Å². The molecule has 146 valence electrons. The molecule has 0 aliphatic heterocycles. The van der Waals surface area contributed by atoms with Gasteiger partial charge in [0.05, 0.1) is 31.7 Å². The minimum atomic E-state index is -4.39. The molecule has 5 nitrogen and oxygen atoms in total. The zero-order valence-corrected chi connectivity index (χ0v) is 15.7. The zero-order chi connectivity index (χ0) is 20.3. The molecule has 0 atom stereocenters. The van der Waals surface area contributed by atoms with Gasteiger partial charge in [-0.15, -0.1) is 0 Å². The van der Waals surface area contributed by atoms with Crippen LogP contribution in [0, 0.1) is 0 Å². The van der Waals surface area contributed by atoms with Gasteiger partial charge < -0.3 is 9.47 Å². The fraction of sp³-hybridized carbons (Fsp3) is 0.158. The topological polar surface area (TPSA) is 53.4 Å². The number of rotatable bonds is 5. The molecule has 0 saturated carbocycles. The van der Waals surface area contributed by atoms with Gasteiger partial charge in [0.1, 0.15) is 0 Å². The Kier molecular flexibility index (Phi) is 5.64. The summed E-state index contributed by atoms with van der Waals surface area (Å²) in [6.45, 7) is 0. The zero-order valence-electron chi connectivity index (χ0n) is 14.9. The summed E-state index contributed by atoms with van der Waals surface area (Å²) in [5, 5.41) is 4.05. The normalized spacial score (nSPS) is 11.3. The third-order valence-corrected chi connectivity index (χ3v) is 4.80. The number of nitrogens with zero attached hydrogens (tertiary/aromatic N) is 2. The van der Waals surface area contributed by atoms with E-state index in [2.05, 4.69) is 5.10 Å². The monoisotopic (exact) mass is 408 g/mol. The van der Waals surface area contributed by atoms with Crippen LogP contribution in [0.2, 0.25) is 0 Å². The Morgan fingerprint density at radius 3 is 2.32 bits per heavy atom. The number of halogens is 3. The van der Waals surface area contributed by atoms with Crippen LogP contribution in [0.4, 0.5) is 13.2 Å². The second kappa shape index (κ2) is 7.97. The first kappa shape index (κ1) is 19.8. The quantitative estimate of drug-likeness (QED) is 0.626. The molecule has 0 amide bonds. The van der Waals surface area contributed by atoms with Crippen LogP contribution in [0.1, 0.15) is 5.56 Å². The van der Waals surface area contributed by atoms with Crippen LogP contribution in [0.15, 0.2) is 69.3 Å². The predicted molar refractivity (Wildman–Crippen MR) is 98.5 cm³/mol. The molecular formula is C19H15F3N2O3S. The molecule has 0 unspecified atom stereocenters. The summed E-state index contributed by atoms with van der Waals surface area (Å²) < 4.78 is 49.8. The fourth-order valence-corrected chi connectivity index (χ4v) is 3.34. The van der Waals surface area contributed by atoms with Gasteiger partial charge in [-0.1, -0.05) is 17.8 Å². The molecule has 0 N–H and O–H groups in total. The molecular weight excluding hydrogens is 393 g/mol. The van der Waals surface area contributed by atoms with E-state index in [1.807, 2.05) is 0 Å². The minimum Gasteiger partial charge on any atom is -0.491 e. The number of benzene rings is 2. The molecule has 0 saturated heterocycles. The van der Waals surface area contributed by atoms with E-state index in [9.17, 15) is 18.0 Å². The first-order chi connectivity index (χ1) is 13.3. The fourth-order valence-electron chi connectivity index (χ4n) is 2.47. The molecule has 3 rings (SSSR count). The third-order valence-electron chi connectivity index (χ3n) is 3.80. The Labute approximate surface area is 162 Å². The van der Waals surface area contributed by atoms with E-state index in [1.54, 1.807) is 30.3 Å². The number of hydrogen-bond acceptors (Lipinski definition) is 5. The van der Waals surface area contributed by atoms with Crippen molar-refractivity contribution < 1.29 is 22.6 Å². The number of alkyl halides is 3. The highest BCUT2D eigenvalue weighted by atomic mass is 32.2. The average Bonchev–Trinajstić information content (AvgIpc) is 2.68. The molecule has 2 aromatic carbocycles. The average molecular weight is 408 g/mol. The maximum atomic E-state index is 12.8. The maximum absolute atomic E-state index is 12.8. The van der Waals surface area contributed by atoms with Gasteiger partial charge in [-0.25, -0.2) is 0 Å². The van der Waals surface area contributed by atoms with Crippen LogP contribution in [0.25, 0.3) is 5.69 Å². The highest BCUT2D eigenvalue weighted by Crippen LogP contribution is 2.34. The van der Waals surface area contributed by atoms with Gasteiger partial charge in [-0.05, 0) is 42.5 Å². The van der Waals surface area contributed by atoms with E-state index in [-0.39, 0.29) is 11.5 Å². The summed E-state index contributed by atoms with van der Waals surface area (Å²) in [7, 11) is 2.77. The largest absolute Gasteiger partial charge is 0.491 e. The van der Waals surface area contributed by atoms with Crippen molar-refractivity contribution in [2.24, 2.45) is 0 Å². The molecule has 3 aromatic rings. The van der Waals surface area contributed by atoms with Crippen LogP contribution in [0.5, 0.6) is 11.5 Å². The number of aromatic nitrogens is 2. The van der Waals surface area contributed by atoms with Gasteiger partial charge >= 0.3 is 11.7 Å². The maximum Gasteiger partial charge on any atom is 0.416 e. The van der Waals surface area contributed by atoms with Gasteiger partial charge in [0, 0.05) is 9.79 Å². The van der Waals surface area contributed by atoms with Gasteiger partial charge in [0.2, 0.25) is 5.75 Å². The van der Waals surface area contributed by atoms with Crippen molar-refractivity contribution in [3.63, 3.8) is 0 Å².